The van der Waals surface area contributed by atoms with Crippen LogP contribution in [0.15, 0.2) is 23.0 Å². The van der Waals surface area contributed by atoms with Crippen molar-refractivity contribution in [2.45, 2.75) is 94.5 Å². The van der Waals surface area contributed by atoms with Gasteiger partial charge in [0.1, 0.15) is 0 Å². The van der Waals surface area contributed by atoms with Crippen LogP contribution >= 0.6 is 0 Å². The van der Waals surface area contributed by atoms with Gasteiger partial charge in [-0.05, 0) is 0 Å². The first-order valence-electron chi connectivity index (χ1n) is 9.62. The average Bonchev–Trinajstić information content (AvgIpc) is 3.32. The summed E-state index contributed by atoms with van der Waals surface area (Å²) in [6, 6.07) is 2.36. The van der Waals surface area contributed by atoms with E-state index in [-0.39, 0.29) is 25.0 Å². The van der Waals surface area contributed by atoms with E-state index < -0.39 is 0 Å². The number of rotatable bonds is 4. The van der Waals surface area contributed by atoms with Crippen LogP contribution < -0.4 is 24.3 Å². The van der Waals surface area contributed by atoms with Crippen LogP contribution in [0.25, 0.3) is 0 Å². The van der Waals surface area contributed by atoms with E-state index in [0.29, 0.717) is 0 Å². The summed E-state index contributed by atoms with van der Waals surface area (Å²) in [5.41, 5.74) is 1.64. The Hall–Kier alpha value is -0.0577. The first-order valence-corrected chi connectivity index (χ1v) is 9.62. The van der Waals surface area contributed by atoms with Gasteiger partial charge in [0.15, 0.2) is 0 Å². The Bertz CT molecular complexity index is 399. The van der Waals surface area contributed by atoms with E-state index in [4.69, 9.17) is 4.42 Å². The fourth-order valence-corrected chi connectivity index (χ4v) is 7.06. The fraction of sp³-hybridized carbons (Fsp3) is 0.789. The van der Waals surface area contributed by atoms with Crippen LogP contribution in [-0.4, -0.2) is 6.15 Å². The first-order chi connectivity index (χ1) is 10.4. The van der Waals surface area contributed by atoms with Crippen LogP contribution in [0.5, 0.6) is 0 Å². The Morgan fingerprint density at radius 2 is 1.14 bits per heavy atom. The molecular formula is C19H30BLiO. The summed E-state index contributed by atoms with van der Waals surface area (Å²) >= 11 is 0. The topological polar surface area (TPSA) is 13.1 Å². The SMILES string of the molecule is [Li+].c1cc([B-](C2CCCC2)(C2CCCC2)C2CCCC2)co1. The Morgan fingerprint density at radius 3 is 1.45 bits per heavy atom. The summed E-state index contributed by atoms with van der Waals surface area (Å²) in [6.07, 6.45) is 21.6. The molecule has 3 aliphatic carbocycles. The summed E-state index contributed by atoms with van der Waals surface area (Å²) in [5.74, 6) is 2.98. The maximum absolute atomic E-state index is 5.61. The maximum atomic E-state index is 5.61. The number of hydrogen-bond acceptors (Lipinski definition) is 1. The zero-order chi connectivity index (χ0) is 14.1. The smallest absolute Gasteiger partial charge is 0.476 e. The molecule has 0 N–H and O–H groups in total. The van der Waals surface area contributed by atoms with E-state index in [1.54, 1.807) is 5.46 Å². The largest absolute Gasteiger partial charge is 1.00 e. The Morgan fingerprint density at radius 1 is 0.727 bits per heavy atom. The van der Waals surface area contributed by atoms with Gasteiger partial charge in [0.05, 0.1) is 12.5 Å². The van der Waals surface area contributed by atoms with Crippen molar-refractivity contribution >= 4 is 11.6 Å². The molecule has 0 aliphatic heterocycles. The van der Waals surface area contributed by atoms with Gasteiger partial charge in [0, 0.05) is 6.15 Å². The van der Waals surface area contributed by atoms with E-state index in [9.17, 15) is 0 Å². The molecule has 116 valence electrons. The normalized spacial score (nSPS) is 24.9. The van der Waals surface area contributed by atoms with Gasteiger partial charge in [-0.15, -0.1) is 0 Å². The summed E-state index contributed by atoms with van der Waals surface area (Å²) < 4.78 is 5.61. The van der Waals surface area contributed by atoms with E-state index in [2.05, 4.69) is 12.3 Å². The molecule has 4 rings (SSSR count). The summed E-state index contributed by atoms with van der Waals surface area (Å²) in [6.45, 7) is 0. The van der Waals surface area contributed by atoms with Crippen LogP contribution in [0.4, 0.5) is 0 Å². The molecule has 0 atom stereocenters. The molecule has 0 unspecified atom stereocenters. The molecule has 0 bridgehead atoms. The van der Waals surface area contributed by atoms with Crippen molar-refractivity contribution in [1.29, 1.82) is 0 Å². The van der Waals surface area contributed by atoms with Crippen molar-refractivity contribution in [3.05, 3.63) is 18.6 Å². The standard InChI is InChI=1S/C19H30BO.Li/c1-2-8-16(7-1)20(17-9-3-4-10-17,18-11-5-6-12-18)19-13-14-21-15-19;/h13-18H,1-12H2;/q-1;+1. The van der Waals surface area contributed by atoms with Crippen LogP contribution in [-0.2, 0) is 0 Å². The van der Waals surface area contributed by atoms with Gasteiger partial charge < -0.3 is 4.42 Å². The van der Waals surface area contributed by atoms with Crippen LogP contribution in [0.2, 0.25) is 17.5 Å². The molecule has 0 spiro atoms. The third-order valence-electron chi connectivity index (χ3n) is 7.66. The van der Waals surface area contributed by atoms with E-state index in [1.165, 1.54) is 77.0 Å². The van der Waals surface area contributed by atoms with E-state index >= 15 is 0 Å². The van der Waals surface area contributed by atoms with Crippen molar-refractivity contribution in [2.75, 3.05) is 0 Å². The van der Waals surface area contributed by atoms with Crippen LogP contribution in [0.1, 0.15) is 77.0 Å². The van der Waals surface area contributed by atoms with Crippen molar-refractivity contribution < 1.29 is 23.3 Å². The quantitative estimate of drug-likeness (QED) is 0.778. The molecule has 1 aromatic rings. The van der Waals surface area contributed by atoms with Crippen molar-refractivity contribution in [1.82, 2.24) is 0 Å². The molecule has 0 radical (unpaired) electrons. The third-order valence-corrected chi connectivity index (χ3v) is 7.66. The van der Waals surface area contributed by atoms with Crippen LogP contribution in [0.3, 0.4) is 0 Å². The Labute approximate surface area is 148 Å². The molecule has 3 saturated carbocycles. The minimum absolute atomic E-state index is 0. The third kappa shape index (κ3) is 2.65. The fourth-order valence-electron chi connectivity index (χ4n) is 7.06. The second-order valence-corrected chi connectivity index (χ2v) is 8.27. The van der Waals surface area contributed by atoms with Crippen molar-refractivity contribution in [2.24, 2.45) is 0 Å². The summed E-state index contributed by atoms with van der Waals surface area (Å²) in [7, 11) is 0. The zero-order valence-corrected chi connectivity index (χ0v) is 14.4. The van der Waals surface area contributed by atoms with Gasteiger partial charge in [-0.2, -0.15) is 22.9 Å². The van der Waals surface area contributed by atoms with E-state index in [0.717, 1.165) is 17.5 Å². The predicted octanol–water partition coefficient (Wildman–Crippen LogP) is 2.77. The minimum Gasteiger partial charge on any atom is -0.476 e. The monoisotopic (exact) mass is 292 g/mol. The van der Waals surface area contributed by atoms with Crippen molar-refractivity contribution in [3.8, 4) is 0 Å². The molecule has 0 aromatic carbocycles. The molecule has 3 aliphatic rings. The molecule has 3 heteroatoms. The van der Waals surface area contributed by atoms with Gasteiger partial charge in [-0.3, -0.25) is 0 Å². The van der Waals surface area contributed by atoms with Gasteiger partial charge in [0.25, 0.3) is 0 Å². The maximum Gasteiger partial charge on any atom is 1.00 e. The molecule has 1 heterocycles. The molecule has 1 nitrogen and oxygen atoms in total. The van der Waals surface area contributed by atoms with Gasteiger partial charge in [-0.25, -0.2) is 0 Å². The second-order valence-electron chi connectivity index (χ2n) is 8.27. The van der Waals surface area contributed by atoms with Crippen molar-refractivity contribution in [3.63, 3.8) is 0 Å². The molecule has 0 saturated heterocycles. The number of furan rings is 1. The molecule has 22 heavy (non-hydrogen) atoms. The molecule has 3 fully saturated rings. The molecular weight excluding hydrogens is 262 g/mol. The molecule has 1 aromatic heterocycles. The summed E-state index contributed by atoms with van der Waals surface area (Å²) in [5, 5.41) is 0. The first kappa shape index (κ1) is 16.8. The summed E-state index contributed by atoms with van der Waals surface area (Å²) in [4.78, 5) is 0. The Kier molecular flexibility index (Phi) is 5.52. The van der Waals surface area contributed by atoms with Gasteiger partial charge >= 0.3 is 18.9 Å². The average molecular weight is 292 g/mol. The predicted molar refractivity (Wildman–Crippen MR) is 90.8 cm³/mol. The van der Waals surface area contributed by atoms with Gasteiger partial charge in [-0.1, -0.05) is 83.1 Å². The van der Waals surface area contributed by atoms with Gasteiger partial charge in [0.2, 0.25) is 0 Å². The minimum atomic E-state index is -0.378. The van der Waals surface area contributed by atoms with Crippen LogP contribution in [0, 0.1) is 0 Å². The Balaban J connectivity index is 0.00000144. The second kappa shape index (κ2) is 7.23. The zero-order valence-electron chi connectivity index (χ0n) is 14.4. The van der Waals surface area contributed by atoms with E-state index in [1.807, 2.05) is 6.26 Å². The number of hydrogen-bond donors (Lipinski definition) is 0. The molecule has 0 amide bonds.